The highest BCUT2D eigenvalue weighted by atomic mass is 16.5. The molecule has 1 atom stereocenters. The molecule has 0 amide bonds. The molecule has 3 heteroatoms. The van der Waals surface area contributed by atoms with Crippen molar-refractivity contribution in [3.8, 4) is 5.88 Å². The van der Waals surface area contributed by atoms with Crippen LogP contribution in [0.25, 0.3) is 0 Å². The Labute approximate surface area is 87.8 Å². The second-order valence-corrected chi connectivity index (χ2v) is 2.84. The van der Waals surface area contributed by atoms with Crippen molar-refractivity contribution in [2.75, 3.05) is 6.54 Å². The zero-order valence-corrected chi connectivity index (χ0v) is 9.45. The minimum atomic E-state index is 0. The summed E-state index contributed by atoms with van der Waals surface area (Å²) in [5.74, 6) is 0.646. The van der Waals surface area contributed by atoms with E-state index in [0.29, 0.717) is 12.4 Å². The first-order valence-electron chi connectivity index (χ1n) is 5.01. The number of hydrogen-bond acceptors (Lipinski definition) is 3. The molecule has 0 saturated heterocycles. The minimum absolute atomic E-state index is 0. The highest BCUT2D eigenvalue weighted by molar-refractivity contribution is 5.18. The van der Waals surface area contributed by atoms with Gasteiger partial charge in [-0.3, -0.25) is 0 Å². The van der Waals surface area contributed by atoms with Gasteiger partial charge in [-0.15, -0.1) is 0 Å². The lowest BCUT2D eigenvalue weighted by molar-refractivity contribution is 0.220. The average molecular weight is 198 g/mol. The fraction of sp³-hybridized carbons (Fsp3) is 0.545. The topological polar surface area (TPSA) is 48.1 Å². The van der Waals surface area contributed by atoms with Gasteiger partial charge in [-0.1, -0.05) is 13.8 Å². The van der Waals surface area contributed by atoms with E-state index in [9.17, 15) is 0 Å². The largest absolute Gasteiger partial charge is 0.473 e. The molecule has 0 aromatic carbocycles. The number of pyridine rings is 1. The van der Waals surface area contributed by atoms with Crippen LogP contribution in [0, 0.1) is 6.92 Å². The first-order chi connectivity index (χ1) is 6.72. The zero-order chi connectivity index (χ0) is 11.0. The Kier molecular flexibility index (Phi) is 6.76. The number of ether oxygens (including phenoxy) is 1. The van der Waals surface area contributed by atoms with Crippen LogP contribution in [0.5, 0.6) is 5.88 Å². The van der Waals surface area contributed by atoms with E-state index in [2.05, 4.69) is 4.98 Å². The van der Waals surface area contributed by atoms with E-state index in [1.54, 1.807) is 6.20 Å². The smallest absolute Gasteiger partial charge is 0.213 e. The molecule has 0 fully saturated rings. The molecule has 0 spiro atoms. The first-order valence-corrected chi connectivity index (χ1v) is 5.01. The Morgan fingerprint density at radius 1 is 1.57 bits per heavy atom. The fourth-order valence-electron chi connectivity index (χ4n) is 0.827. The van der Waals surface area contributed by atoms with Crippen LogP contribution in [-0.2, 0) is 0 Å². The van der Waals surface area contributed by atoms with Gasteiger partial charge in [0.2, 0.25) is 5.88 Å². The summed E-state index contributed by atoms with van der Waals surface area (Å²) < 4.78 is 5.41. The van der Waals surface area contributed by atoms with E-state index < -0.39 is 0 Å². The monoisotopic (exact) mass is 198 g/mol. The Morgan fingerprint density at radius 3 is 2.71 bits per heavy atom. The van der Waals surface area contributed by atoms with Crippen LogP contribution in [0.2, 0.25) is 0 Å². The molecule has 0 aliphatic heterocycles. The van der Waals surface area contributed by atoms with Crippen LogP contribution in [0.1, 0.15) is 27.8 Å². The molecule has 0 bridgehead atoms. The van der Waals surface area contributed by atoms with Crippen LogP contribution in [0.4, 0.5) is 0 Å². The number of rotatable bonds is 3. The normalized spacial score (nSPS) is 11.2. The maximum Gasteiger partial charge on any atom is 0.213 e. The molecule has 3 nitrogen and oxygen atoms in total. The highest BCUT2D eigenvalue weighted by Gasteiger charge is 2.01. The fourth-order valence-corrected chi connectivity index (χ4v) is 0.827. The SMILES string of the molecule is CC.Cc1ccnc(O[C@@H](C)CN)c1.[HH]. The predicted molar refractivity (Wildman–Crippen MR) is 61.6 cm³/mol. The molecule has 1 rings (SSSR count). The van der Waals surface area contributed by atoms with Crippen LogP contribution in [0.3, 0.4) is 0 Å². The predicted octanol–water partition coefficient (Wildman–Crippen LogP) is 2.39. The van der Waals surface area contributed by atoms with Crippen LogP contribution >= 0.6 is 0 Å². The van der Waals surface area contributed by atoms with Crippen molar-refractivity contribution in [2.24, 2.45) is 5.73 Å². The van der Waals surface area contributed by atoms with Crippen LogP contribution in [0.15, 0.2) is 18.3 Å². The van der Waals surface area contributed by atoms with E-state index in [4.69, 9.17) is 10.5 Å². The van der Waals surface area contributed by atoms with Gasteiger partial charge in [-0.2, -0.15) is 0 Å². The van der Waals surface area contributed by atoms with Crippen LogP contribution < -0.4 is 10.5 Å². The molecule has 1 heterocycles. The third-order valence-corrected chi connectivity index (χ3v) is 1.54. The van der Waals surface area contributed by atoms with Crippen molar-refractivity contribution < 1.29 is 6.16 Å². The molecule has 0 saturated carbocycles. The van der Waals surface area contributed by atoms with Crippen molar-refractivity contribution in [3.63, 3.8) is 0 Å². The minimum Gasteiger partial charge on any atom is -0.473 e. The molecule has 0 aliphatic carbocycles. The second kappa shape index (κ2) is 7.33. The quantitative estimate of drug-likeness (QED) is 0.811. The van der Waals surface area contributed by atoms with Gasteiger partial charge in [0.15, 0.2) is 0 Å². The lowest BCUT2D eigenvalue weighted by Gasteiger charge is -2.10. The Bertz CT molecular complexity index is 256. The number of nitrogens with zero attached hydrogens (tertiary/aromatic N) is 1. The van der Waals surface area contributed by atoms with E-state index in [0.717, 1.165) is 5.56 Å². The maximum absolute atomic E-state index is 5.41. The van der Waals surface area contributed by atoms with E-state index in [1.165, 1.54) is 0 Å². The molecule has 0 radical (unpaired) electrons. The molecule has 1 aromatic heterocycles. The molecular formula is C11H22N2O. The number of aryl methyl sites for hydroxylation is 1. The lowest BCUT2D eigenvalue weighted by Crippen LogP contribution is -2.23. The first kappa shape index (κ1) is 12.9. The number of hydrogen-bond donors (Lipinski definition) is 1. The van der Waals surface area contributed by atoms with Gasteiger partial charge >= 0.3 is 0 Å². The van der Waals surface area contributed by atoms with Gasteiger partial charge < -0.3 is 10.5 Å². The van der Waals surface area contributed by atoms with E-state index >= 15 is 0 Å². The molecule has 0 aliphatic rings. The summed E-state index contributed by atoms with van der Waals surface area (Å²) in [5, 5.41) is 0. The van der Waals surface area contributed by atoms with Gasteiger partial charge in [-0.25, -0.2) is 4.98 Å². The second-order valence-electron chi connectivity index (χ2n) is 2.84. The number of nitrogens with two attached hydrogens (primary N) is 1. The summed E-state index contributed by atoms with van der Waals surface area (Å²) in [6.45, 7) is 8.43. The van der Waals surface area contributed by atoms with E-state index in [1.807, 2.05) is 39.8 Å². The summed E-state index contributed by atoms with van der Waals surface area (Å²) >= 11 is 0. The third-order valence-electron chi connectivity index (χ3n) is 1.54. The van der Waals surface area contributed by atoms with Crippen LogP contribution in [-0.4, -0.2) is 17.6 Å². The summed E-state index contributed by atoms with van der Waals surface area (Å²) in [6.07, 6.45) is 1.76. The molecule has 82 valence electrons. The Hall–Kier alpha value is -1.09. The standard InChI is InChI=1S/C9H14N2O.C2H6.H2/c1-7-3-4-11-9(5-7)12-8(2)6-10;1-2;/h3-5,8H,6,10H2,1-2H3;1-2H3;1H/t8-;;/m0../s1. The maximum atomic E-state index is 5.41. The van der Waals surface area contributed by atoms with Gasteiger partial charge in [0.05, 0.1) is 0 Å². The van der Waals surface area contributed by atoms with Crippen molar-refractivity contribution in [3.05, 3.63) is 23.9 Å². The summed E-state index contributed by atoms with van der Waals surface area (Å²) in [4.78, 5) is 4.05. The van der Waals surface area contributed by atoms with Crippen molar-refractivity contribution >= 4 is 0 Å². The molecule has 2 N–H and O–H groups in total. The molecule has 1 aromatic rings. The lowest BCUT2D eigenvalue weighted by atomic mass is 10.3. The van der Waals surface area contributed by atoms with Gasteiger partial charge in [0.1, 0.15) is 6.10 Å². The Balaban J connectivity index is 0. The van der Waals surface area contributed by atoms with E-state index in [-0.39, 0.29) is 7.53 Å². The Morgan fingerprint density at radius 2 is 2.21 bits per heavy atom. The van der Waals surface area contributed by atoms with Gasteiger partial charge in [0, 0.05) is 20.2 Å². The summed E-state index contributed by atoms with van der Waals surface area (Å²) in [6, 6.07) is 3.83. The van der Waals surface area contributed by atoms with Crippen molar-refractivity contribution in [1.29, 1.82) is 0 Å². The third kappa shape index (κ3) is 4.82. The summed E-state index contributed by atoms with van der Waals surface area (Å²) in [7, 11) is 0. The van der Waals surface area contributed by atoms with Gasteiger partial charge in [0.25, 0.3) is 0 Å². The molecule has 0 unspecified atom stereocenters. The van der Waals surface area contributed by atoms with Crippen molar-refractivity contribution in [1.82, 2.24) is 4.98 Å². The average Bonchev–Trinajstić information content (AvgIpc) is 2.21. The van der Waals surface area contributed by atoms with Crippen molar-refractivity contribution in [2.45, 2.75) is 33.8 Å². The molecular weight excluding hydrogens is 176 g/mol. The van der Waals surface area contributed by atoms with Gasteiger partial charge in [-0.05, 0) is 25.5 Å². The zero-order valence-electron chi connectivity index (χ0n) is 9.45. The molecule has 14 heavy (non-hydrogen) atoms. The number of aromatic nitrogens is 1. The highest BCUT2D eigenvalue weighted by Crippen LogP contribution is 2.09. The summed E-state index contributed by atoms with van der Waals surface area (Å²) in [5.41, 5.74) is 6.55.